The van der Waals surface area contributed by atoms with Crippen molar-refractivity contribution in [3.05, 3.63) is 53.6 Å². The number of aliphatic hydroxyl groups excluding tert-OH is 1. The van der Waals surface area contributed by atoms with Crippen molar-refractivity contribution in [3.63, 3.8) is 0 Å². The molecule has 24 heavy (non-hydrogen) atoms. The highest BCUT2D eigenvalue weighted by molar-refractivity contribution is 5.17. The van der Waals surface area contributed by atoms with Crippen LogP contribution in [0, 0.1) is 0 Å². The third kappa shape index (κ3) is 3.96. The van der Waals surface area contributed by atoms with Gasteiger partial charge < -0.3 is 10.1 Å². The topological polar surface area (TPSA) is 52.1 Å². The molecule has 0 bridgehead atoms. The van der Waals surface area contributed by atoms with Crippen molar-refractivity contribution in [2.75, 3.05) is 19.6 Å². The Hall–Kier alpha value is -1.86. The monoisotopic (exact) mass is 339 g/mol. The van der Waals surface area contributed by atoms with Gasteiger partial charge in [-0.25, -0.2) is 4.98 Å². The molecule has 1 aromatic carbocycles. The molecule has 1 unspecified atom stereocenters. The van der Waals surface area contributed by atoms with Gasteiger partial charge in [0.15, 0.2) is 0 Å². The van der Waals surface area contributed by atoms with Crippen molar-refractivity contribution in [2.24, 2.45) is 0 Å². The van der Waals surface area contributed by atoms with Gasteiger partial charge in [0.05, 0.1) is 12.3 Å². The number of alkyl halides is 3. The predicted octanol–water partition coefficient (Wildman–Crippen LogP) is 3.34. The van der Waals surface area contributed by atoms with E-state index in [9.17, 15) is 18.3 Å². The number of β-amino-alcohol motifs (C(OH)–C–C–N with tert-alkyl or cyclic N) is 1. The third-order valence-corrected chi connectivity index (χ3v) is 4.41. The molecule has 0 amide bonds. The second kappa shape index (κ2) is 6.94. The van der Waals surface area contributed by atoms with Gasteiger partial charge in [-0.1, -0.05) is 30.3 Å². The van der Waals surface area contributed by atoms with Crippen LogP contribution >= 0.6 is 0 Å². The van der Waals surface area contributed by atoms with E-state index in [1.165, 1.54) is 0 Å². The van der Waals surface area contributed by atoms with E-state index in [1.807, 2.05) is 30.3 Å². The van der Waals surface area contributed by atoms with Gasteiger partial charge in [-0.05, 0) is 24.9 Å². The number of H-pyrrole nitrogens is 1. The molecule has 0 radical (unpaired) electrons. The van der Waals surface area contributed by atoms with E-state index in [-0.39, 0.29) is 5.92 Å². The highest BCUT2D eigenvalue weighted by atomic mass is 19.4. The average Bonchev–Trinajstić information content (AvgIpc) is 3.06. The number of aromatic nitrogens is 2. The van der Waals surface area contributed by atoms with Crippen LogP contribution in [0.5, 0.6) is 0 Å². The van der Waals surface area contributed by atoms with Crippen molar-refractivity contribution >= 4 is 0 Å². The number of piperidine rings is 1. The molecule has 3 rings (SSSR count). The van der Waals surface area contributed by atoms with Crippen molar-refractivity contribution in [1.29, 1.82) is 0 Å². The predicted molar refractivity (Wildman–Crippen MR) is 83.4 cm³/mol. The van der Waals surface area contributed by atoms with Crippen LogP contribution in [0.25, 0.3) is 0 Å². The largest absolute Gasteiger partial charge is 0.432 e. The molecular formula is C17H20F3N3O. The van der Waals surface area contributed by atoms with Crippen LogP contribution in [-0.4, -0.2) is 39.6 Å². The summed E-state index contributed by atoms with van der Waals surface area (Å²) in [6.45, 7) is 1.88. The molecule has 1 aromatic heterocycles. The summed E-state index contributed by atoms with van der Waals surface area (Å²) < 4.78 is 38.1. The zero-order chi connectivity index (χ0) is 17.2. The first-order valence-corrected chi connectivity index (χ1v) is 8.01. The molecule has 1 saturated heterocycles. The molecule has 2 heterocycles. The van der Waals surface area contributed by atoms with Gasteiger partial charge in [0, 0.05) is 19.0 Å². The fraction of sp³-hybridized carbons (Fsp3) is 0.471. The number of nitrogens with zero attached hydrogens (tertiary/aromatic N) is 2. The standard InChI is InChI=1S/C17H20F3N3O/c18-17(19,20)15-9-21-16(22-15)13-7-4-8-23(10-13)11-14(24)12-5-2-1-3-6-12/h1-3,5-6,9,13-14,24H,4,7-8,10-11H2,(H,21,22)/t13?,14-/m1/s1. The number of rotatable bonds is 4. The fourth-order valence-corrected chi connectivity index (χ4v) is 3.16. The molecule has 1 aliphatic heterocycles. The first-order chi connectivity index (χ1) is 11.4. The van der Waals surface area contributed by atoms with Crippen molar-refractivity contribution < 1.29 is 18.3 Å². The molecule has 0 saturated carbocycles. The number of aromatic amines is 1. The summed E-state index contributed by atoms with van der Waals surface area (Å²) in [5, 5.41) is 10.3. The summed E-state index contributed by atoms with van der Waals surface area (Å²) >= 11 is 0. The normalized spacial score (nSPS) is 20.9. The lowest BCUT2D eigenvalue weighted by Gasteiger charge is -2.33. The van der Waals surface area contributed by atoms with Crippen LogP contribution < -0.4 is 0 Å². The maximum atomic E-state index is 12.7. The Morgan fingerprint density at radius 3 is 2.71 bits per heavy atom. The third-order valence-electron chi connectivity index (χ3n) is 4.41. The molecule has 2 aromatic rings. The second-order valence-corrected chi connectivity index (χ2v) is 6.21. The minimum absolute atomic E-state index is 0.0715. The van der Waals surface area contributed by atoms with Crippen molar-refractivity contribution in [2.45, 2.75) is 31.0 Å². The van der Waals surface area contributed by atoms with E-state index in [0.29, 0.717) is 18.9 Å². The van der Waals surface area contributed by atoms with Gasteiger partial charge in [-0.2, -0.15) is 13.2 Å². The zero-order valence-corrected chi connectivity index (χ0v) is 13.1. The van der Waals surface area contributed by atoms with Crippen LogP contribution in [0.4, 0.5) is 13.2 Å². The highest BCUT2D eigenvalue weighted by Gasteiger charge is 2.34. The van der Waals surface area contributed by atoms with Crippen molar-refractivity contribution in [3.8, 4) is 0 Å². The average molecular weight is 339 g/mol. The SMILES string of the molecule is O[C@H](CN1CCCC(c2ncc(C(F)(F)F)[nH]2)C1)c1ccccc1. The van der Waals surface area contributed by atoms with Gasteiger partial charge in [0.2, 0.25) is 0 Å². The maximum absolute atomic E-state index is 12.7. The quantitative estimate of drug-likeness (QED) is 0.898. The zero-order valence-electron chi connectivity index (χ0n) is 13.1. The Morgan fingerprint density at radius 2 is 2.04 bits per heavy atom. The second-order valence-electron chi connectivity index (χ2n) is 6.21. The van der Waals surface area contributed by atoms with E-state index in [1.54, 1.807) is 0 Å². The summed E-state index contributed by atoms with van der Waals surface area (Å²) in [5.74, 6) is 0.305. The van der Waals surface area contributed by atoms with Crippen LogP contribution in [0.3, 0.4) is 0 Å². The number of aliphatic hydroxyl groups is 1. The summed E-state index contributed by atoms with van der Waals surface area (Å²) in [6, 6.07) is 9.38. The lowest BCUT2D eigenvalue weighted by atomic mass is 9.96. The minimum atomic E-state index is -4.40. The number of hydrogen-bond donors (Lipinski definition) is 2. The lowest BCUT2D eigenvalue weighted by molar-refractivity contribution is -0.141. The molecule has 2 atom stereocenters. The van der Waals surface area contributed by atoms with Crippen LogP contribution in [0.1, 0.15) is 41.9 Å². The number of benzene rings is 1. The Bertz CT molecular complexity index is 657. The Kier molecular flexibility index (Phi) is 4.91. The van der Waals surface area contributed by atoms with Crippen molar-refractivity contribution in [1.82, 2.24) is 14.9 Å². The van der Waals surface area contributed by atoms with Gasteiger partial charge in [0.25, 0.3) is 0 Å². The molecule has 2 N–H and O–H groups in total. The molecule has 1 aliphatic rings. The molecule has 1 fully saturated rings. The first-order valence-electron chi connectivity index (χ1n) is 8.01. The molecule has 4 nitrogen and oxygen atoms in total. The number of nitrogens with one attached hydrogen (secondary N) is 1. The number of hydrogen-bond acceptors (Lipinski definition) is 3. The summed E-state index contributed by atoms with van der Waals surface area (Å²) in [4.78, 5) is 8.40. The van der Waals surface area contributed by atoms with E-state index in [0.717, 1.165) is 31.1 Å². The van der Waals surface area contributed by atoms with E-state index in [4.69, 9.17) is 0 Å². The molecule has 130 valence electrons. The molecule has 0 aliphatic carbocycles. The maximum Gasteiger partial charge on any atom is 0.432 e. The van der Waals surface area contributed by atoms with E-state index >= 15 is 0 Å². The summed E-state index contributed by atoms with van der Waals surface area (Å²) in [5.41, 5.74) is 0.0379. The lowest BCUT2D eigenvalue weighted by Crippen LogP contribution is -2.37. The van der Waals surface area contributed by atoms with Gasteiger partial charge in [-0.3, -0.25) is 4.90 Å². The summed E-state index contributed by atoms with van der Waals surface area (Å²) in [6.07, 6.45) is -2.49. The molecule has 7 heteroatoms. The Balaban J connectivity index is 1.63. The number of likely N-dealkylation sites (tertiary alicyclic amines) is 1. The van der Waals surface area contributed by atoms with Crippen LogP contribution in [0.2, 0.25) is 0 Å². The molecule has 0 spiro atoms. The number of halogens is 3. The van der Waals surface area contributed by atoms with Gasteiger partial charge in [0.1, 0.15) is 11.5 Å². The smallest absolute Gasteiger partial charge is 0.387 e. The van der Waals surface area contributed by atoms with E-state index in [2.05, 4.69) is 14.9 Å². The fourth-order valence-electron chi connectivity index (χ4n) is 3.16. The van der Waals surface area contributed by atoms with Crippen LogP contribution in [-0.2, 0) is 6.18 Å². The first kappa shape index (κ1) is 17.0. The van der Waals surface area contributed by atoms with Gasteiger partial charge >= 0.3 is 6.18 Å². The Morgan fingerprint density at radius 1 is 1.29 bits per heavy atom. The number of imidazole rings is 1. The van der Waals surface area contributed by atoms with E-state index < -0.39 is 18.0 Å². The highest BCUT2D eigenvalue weighted by Crippen LogP contribution is 2.31. The summed E-state index contributed by atoms with van der Waals surface area (Å²) in [7, 11) is 0. The minimum Gasteiger partial charge on any atom is -0.387 e. The Labute approximate surface area is 138 Å². The van der Waals surface area contributed by atoms with Gasteiger partial charge in [-0.15, -0.1) is 0 Å². The molecular weight excluding hydrogens is 319 g/mol. The van der Waals surface area contributed by atoms with Crippen LogP contribution in [0.15, 0.2) is 36.5 Å².